The van der Waals surface area contributed by atoms with E-state index >= 15 is 0 Å². The van der Waals surface area contributed by atoms with E-state index in [4.69, 9.17) is 0 Å². The zero-order valence-electron chi connectivity index (χ0n) is 10.8. The van der Waals surface area contributed by atoms with Crippen LogP contribution in [0.5, 0.6) is 0 Å². The lowest BCUT2D eigenvalue weighted by Crippen LogP contribution is -2.24. The molecule has 0 bridgehead atoms. The average Bonchev–Trinajstić information content (AvgIpc) is 2.69. The maximum atomic E-state index is 3.70. The third kappa shape index (κ3) is 4.06. The fraction of sp³-hybridized carbons (Fsp3) is 0.714. The number of hydrogen-bond acceptors (Lipinski definition) is 2. The van der Waals surface area contributed by atoms with Crippen molar-refractivity contribution in [3.8, 4) is 0 Å². The van der Waals surface area contributed by atoms with Crippen LogP contribution in [0.4, 0.5) is 0 Å². The molecular weight excluding hydrogens is 374 g/mol. The fourth-order valence-corrected chi connectivity index (χ4v) is 5.89. The highest BCUT2D eigenvalue weighted by atomic mass is 79.9. The lowest BCUT2D eigenvalue weighted by Gasteiger charge is -2.27. The molecular formula is C14H21Br2NS. The second-order valence-corrected chi connectivity index (χ2v) is 8.88. The van der Waals surface area contributed by atoms with E-state index in [0.717, 1.165) is 12.5 Å². The average molecular weight is 395 g/mol. The van der Waals surface area contributed by atoms with Gasteiger partial charge in [-0.15, -0.1) is 11.3 Å². The van der Waals surface area contributed by atoms with E-state index in [-0.39, 0.29) is 0 Å². The van der Waals surface area contributed by atoms with Crippen LogP contribution >= 0.6 is 43.2 Å². The summed E-state index contributed by atoms with van der Waals surface area (Å²) < 4.78 is 2.49. The van der Waals surface area contributed by atoms with Crippen molar-refractivity contribution >= 4 is 43.2 Å². The number of hydrogen-bond donors (Lipinski definition) is 1. The van der Waals surface area contributed by atoms with Crippen LogP contribution in [0.1, 0.15) is 57.1 Å². The van der Waals surface area contributed by atoms with E-state index in [1.54, 1.807) is 11.3 Å². The summed E-state index contributed by atoms with van der Waals surface area (Å²) in [6.45, 7) is 3.24. The van der Waals surface area contributed by atoms with E-state index in [9.17, 15) is 0 Å². The van der Waals surface area contributed by atoms with E-state index in [2.05, 4.69) is 50.2 Å². The normalized spacial score (nSPS) is 19.1. The largest absolute Gasteiger partial charge is 0.310 e. The van der Waals surface area contributed by atoms with Crippen molar-refractivity contribution in [2.45, 2.75) is 51.5 Å². The molecule has 1 fully saturated rings. The molecule has 0 radical (unpaired) electrons. The topological polar surface area (TPSA) is 12.0 Å². The minimum absolute atomic E-state index is 0.509. The fourth-order valence-electron chi connectivity index (χ4n) is 2.91. The van der Waals surface area contributed by atoms with Crippen LogP contribution in [0.15, 0.2) is 13.6 Å². The first kappa shape index (κ1) is 15.0. The van der Waals surface area contributed by atoms with Crippen LogP contribution in [-0.2, 0) is 0 Å². The van der Waals surface area contributed by atoms with Gasteiger partial charge in [-0.1, -0.05) is 39.0 Å². The summed E-state index contributed by atoms with van der Waals surface area (Å²) in [5, 5.41) is 3.66. The summed E-state index contributed by atoms with van der Waals surface area (Å²) >= 11 is 9.07. The van der Waals surface area contributed by atoms with Gasteiger partial charge in [0.25, 0.3) is 0 Å². The second kappa shape index (κ2) is 7.41. The van der Waals surface area contributed by atoms with Crippen LogP contribution < -0.4 is 5.32 Å². The van der Waals surface area contributed by atoms with Crippen molar-refractivity contribution in [3.05, 3.63) is 19.2 Å². The number of halogens is 2. The van der Waals surface area contributed by atoms with E-state index < -0.39 is 0 Å². The third-order valence-corrected chi connectivity index (χ3v) is 6.19. The molecule has 1 nitrogen and oxygen atoms in total. The minimum Gasteiger partial charge on any atom is -0.310 e. The van der Waals surface area contributed by atoms with Gasteiger partial charge >= 0.3 is 0 Å². The molecule has 1 saturated carbocycles. The van der Waals surface area contributed by atoms with Gasteiger partial charge in [-0.25, -0.2) is 0 Å². The highest BCUT2D eigenvalue weighted by molar-refractivity contribution is 9.12. The Kier molecular flexibility index (Phi) is 6.19. The summed E-state index contributed by atoms with van der Waals surface area (Å²) in [6, 6.07) is 2.78. The zero-order chi connectivity index (χ0) is 13.0. The van der Waals surface area contributed by atoms with Crippen LogP contribution in [0.2, 0.25) is 0 Å². The molecule has 1 aromatic rings. The molecule has 102 valence electrons. The first-order chi connectivity index (χ1) is 8.70. The Balaban J connectivity index is 2.04. The van der Waals surface area contributed by atoms with Crippen molar-refractivity contribution in [1.82, 2.24) is 5.32 Å². The Bertz CT molecular complexity index is 372. The van der Waals surface area contributed by atoms with E-state index in [1.165, 1.54) is 51.7 Å². The molecule has 0 aromatic carbocycles. The highest BCUT2D eigenvalue weighted by Crippen LogP contribution is 2.39. The first-order valence-corrected chi connectivity index (χ1v) is 9.29. The predicted octanol–water partition coefficient (Wildman–Crippen LogP) is 5.89. The van der Waals surface area contributed by atoms with Gasteiger partial charge in [0.05, 0.1) is 7.57 Å². The highest BCUT2D eigenvalue weighted by Gasteiger charge is 2.22. The van der Waals surface area contributed by atoms with Crippen molar-refractivity contribution in [2.24, 2.45) is 5.92 Å². The molecule has 1 aromatic heterocycles. The maximum Gasteiger partial charge on any atom is 0.0758 e. The van der Waals surface area contributed by atoms with Crippen LogP contribution in [0.3, 0.4) is 0 Å². The van der Waals surface area contributed by atoms with Gasteiger partial charge in [-0.2, -0.15) is 0 Å². The summed E-state index contributed by atoms with van der Waals surface area (Å²) in [7, 11) is 0. The minimum atomic E-state index is 0.509. The summed E-state index contributed by atoms with van der Waals surface area (Å²) in [5.74, 6) is 0.911. The standard InChI is InChI=1S/C14H21Br2NS/c1-2-17-12(8-10-6-4-3-5-7-10)11-9-13(15)18-14(11)16/h9-10,12,17H,2-8H2,1H3. The van der Waals surface area contributed by atoms with Gasteiger partial charge in [0.2, 0.25) is 0 Å². The van der Waals surface area contributed by atoms with Crippen LogP contribution in [-0.4, -0.2) is 6.54 Å². The molecule has 0 spiro atoms. The quantitative estimate of drug-likeness (QED) is 0.655. The van der Waals surface area contributed by atoms with Crippen molar-refractivity contribution in [2.75, 3.05) is 6.54 Å². The van der Waals surface area contributed by atoms with Gasteiger partial charge in [0.15, 0.2) is 0 Å². The molecule has 18 heavy (non-hydrogen) atoms. The van der Waals surface area contributed by atoms with Gasteiger partial charge in [-0.3, -0.25) is 0 Å². The van der Waals surface area contributed by atoms with E-state index in [1.807, 2.05) is 0 Å². The smallest absolute Gasteiger partial charge is 0.0758 e. The molecule has 1 aliphatic carbocycles. The summed E-state index contributed by atoms with van der Waals surface area (Å²) in [6.07, 6.45) is 8.43. The van der Waals surface area contributed by atoms with Gasteiger partial charge in [-0.05, 0) is 62.4 Å². The van der Waals surface area contributed by atoms with Crippen molar-refractivity contribution in [1.29, 1.82) is 0 Å². The third-order valence-electron chi connectivity index (χ3n) is 3.80. The Morgan fingerprint density at radius 3 is 2.61 bits per heavy atom. The summed E-state index contributed by atoms with van der Waals surface area (Å²) in [5.41, 5.74) is 1.43. The Labute approximate surface area is 131 Å². The number of nitrogens with one attached hydrogen (secondary N) is 1. The molecule has 1 atom stereocenters. The molecule has 0 saturated heterocycles. The maximum absolute atomic E-state index is 3.70. The predicted molar refractivity (Wildman–Crippen MR) is 87.3 cm³/mol. The van der Waals surface area contributed by atoms with Crippen molar-refractivity contribution in [3.63, 3.8) is 0 Å². The Hall–Kier alpha value is 0.620. The molecule has 1 N–H and O–H groups in total. The molecule has 0 aliphatic heterocycles. The number of rotatable bonds is 5. The van der Waals surface area contributed by atoms with Crippen molar-refractivity contribution < 1.29 is 0 Å². The monoisotopic (exact) mass is 393 g/mol. The zero-order valence-corrected chi connectivity index (χ0v) is 14.8. The number of thiophene rings is 1. The Morgan fingerprint density at radius 2 is 2.06 bits per heavy atom. The van der Waals surface area contributed by atoms with Crippen LogP contribution in [0, 0.1) is 5.92 Å². The van der Waals surface area contributed by atoms with Gasteiger partial charge in [0.1, 0.15) is 0 Å². The van der Waals surface area contributed by atoms with E-state index in [0.29, 0.717) is 6.04 Å². The SMILES string of the molecule is CCNC(CC1CCCCC1)c1cc(Br)sc1Br. The first-order valence-electron chi connectivity index (χ1n) is 6.88. The second-order valence-electron chi connectivity index (χ2n) is 5.13. The van der Waals surface area contributed by atoms with Gasteiger partial charge in [0, 0.05) is 6.04 Å². The summed E-state index contributed by atoms with van der Waals surface area (Å²) in [4.78, 5) is 0. The molecule has 1 heterocycles. The lowest BCUT2D eigenvalue weighted by molar-refractivity contribution is 0.301. The molecule has 1 unspecified atom stereocenters. The Morgan fingerprint density at radius 1 is 1.33 bits per heavy atom. The molecule has 2 rings (SSSR count). The lowest BCUT2D eigenvalue weighted by atomic mass is 9.84. The molecule has 1 aliphatic rings. The van der Waals surface area contributed by atoms with Crippen LogP contribution in [0.25, 0.3) is 0 Å². The van der Waals surface area contributed by atoms with Gasteiger partial charge < -0.3 is 5.32 Å². The molecule has 0 amide bonds. The molecule has 4 heteroatoms.